The molecule has 1 aromatic rings. The second-order valence-electron chi connectivity index (χ2n) is 9.84. The smallest absolute Gasteiger partial charge is 0.251 e. The van der Waals surface area contributed by atoms with Crippen molar-refractivity contribution >= 4 is 40.0 Å². The van der Waals surface area contributed by atoms with Gasteiger partial charge in [-0.1, -0.05) is 27.7 Å². The lowest BCUT2D eigenvalue weighted by Crippen LogP contribution is -2.60. The zero-order valence-corrected chi connectivity index (χ0v) is 18.8. The number of nitrogens with zero attached hydrogens (tertiary/aromatic N) is 1. The first kappa shape index (κ1) is 21.0. The number of imide groups is 1. The van der Waals surface area contributed by atoms with Crippen LogP contribution in [0.5, 0.6) is 0 Å². The number of primary amides is 1. The number of hydrogen-bond donors (Lipinski definition) is 2. The molecule has 0 spiro atoms. The number of rotatable bonds is 4. The van der Waals surface area contributed by atoms with Crippen molar-refractivity contribution in [3.05, 3.63) is 16.0 Å². The Bertz CT molecular complexity index is 966. The number of carbonyl (C=O) groups is 4. The molecule has 2 heterocycles. The van der Waals surface area contributed by atoms with E-state index in [0.717, 1.165) is 34.6 Å². The first-order valence-corrected chi connectivity index (χ1v) is 11.4. The van der Waals surface area contributed by atoms with Crippen molar-refractivity contribution in [2.24, 2.45) is 28.4 Å². The molecule has 2 fully saturated rings. The molecule has 0 aromatic carbocycles. The van der Waals surface area contributed by atoms with E-state index in [1.165, 1.54) is 11.3 Å². The van der Waals surface area contributed by atoms with Gasteiger partial charge in [-0.25, -0.2) is 0 Å². The SMILES string of the molecule is CC1CCc2c(sc(NC(=O)CN3C(=O)C4CCC(C)(C3=O)C4(C)C)c2C(N)=O)C1. The van der Waals surface area contributed by atoms with E-state index in [-0.39, 0.29) is 24.3 Å². The molecular weight excluding hydrogens is 402 g/mol. The molecule has 1 aliphatic heterocycles. The number of nitrogens with one attached hydrogen (secondary N) is 1. The molecule has 30 heavy (non-hydrogen) atoms. The Morgan fingerprint density at radius 3 is 2.60 bits per heavy atom. The maximum Gasteiger partial charge on any atom is 0.251 e. The summed E-state index contributed by atoms with van der Waals surface area (Å²) in [7, 11) is 0. The summed E-state index contributed by atoms with van der Waals surface area (Å²) in [5, 5.41) is 3.20. The van der Waals surface area contributed by atoms with Crippen molar-refractivity contribution in [3.8, 4) is 0 Å². The maximum atomic E-state index is 13.1. The normalized spacial score (nSPS) is 29.7. The van der Waals surface area contributed by atoms with Gasteiger partial charge in [-0.2, -0.15) is 0 Å². The highest BCUT2D eigenvalue weighted by Gasteiger charge is 2.64. The van der Waals surface area contributed by atoms with Crippen molar-refractivity contribution in [2.45, 2.75) is 59.8 Å². The van der Waals surface area contributed by atoms with Gasteiger partial charge in [0.15, 0.2) is 0 Å². The van der Waals surface area contributed by atoms with Gasteiger partial charge in [0.1, 0.15) is 11.5 Å². The van der Waals surface area contributed by atoms with E-state index in [1.807, 2.05) is 20.8 Å². The highest BCUT2D eigenvalue weighted by atomic mass is 32.1. The largest absolute Gasteiger partial charge is 0.365 e. The third kappa shape index (κ3) is 2.91. The highest BCUT2D eigenvalue weighted by molar-refractivity contribution is 7.17. The van der Waals surface area contributed by atoms with Crippen LogP contribution in [0, 0.1) is 22.7 Å². The third-order valence-electron chi connectivity index (χ3n) is 7.82. The summed E-state index contributed by atoms with van der Waals surface area (Å²) in [5.74, 6) is -1.34. The molecule has 3 atom stereocenters. The molecule has 7 nitrogen and oxygen atoms in total. The average Bonchev–Trinajstić information content (AvgIpc) is 3.09. The van der Waals surface area contributed by atoms with Crippen LogP contribution >= 0.6 is 11.3 Å². The molecular formula is C22H29N3O4S. The Hall–Kier alpha value is -2.22. The molecule has 4 amide bonds. The first-order chi connectivity index (χ1) is 14.0. The summed E-state index contributed by atoms with van der Waals surface area (Å²) in [6.07, 6.45) is 3.90. The first-order valence-electron chi connectivity index (χ1n) is 10.6. The topological polar surface area (TPSA) is 110 Å². The number of piperidine rings is 1. The average molecular weight is 432 g/mol. The Labute approximate surface area is 180 Å². The van der Waals surface area contributed by atoms with Crippen LogP contribution in [0.15, 0.2) is 0 Å². The van der Waals surface area contributed by atoms with Crippen LogP contribution in [0.3, 0.4) is 0 Å². The molecule has 3 unspecified atom stereocenters. The number of nitrogens with two attached hydrogens (primary N) is 1. The van der Waals surface area contributed by atoms with Crippen LogP contribution in [0.2, 0.25) is 0 Å². The lowest BCUT2D eigenvalue weighted by molar-refractivity contribution is -0.168. The second-order valence-corrected chi connectivity index (χ2v) is 10.9. The fraction of sp³-hybridized carbons (Fsp3) is 0.636. The van der Waals surface area contributed by atoms with E-state index in [9.17, 15) is 19.2 Å². The van der Waals surface area contributed by atoms with Crippen LogP contribution in [0.25, 0.3) is 0 Å². The van der Waals surface area contributed by atoms with Crippen LogP contribution in [-0.2, 0) is 27.2 Å². The number of carbonyl (C=O) groups excluding carboxylic acids is 4. The van der Waals surface area contributed by atoms with Crippen molar-refractivity contribution in [2.75, 3.05) is 11.9 Å². The summed E-state index contributed by atoms with van der Waals surface area (Å²) >= 11 is 1.38. The molecule has 4 rings (SSSR count). The number of fused-ring (bicyclic) bond motifs is 3. The van der Waals surface area contributed by atoms with Gasteiger partial charge in [-0.15, -0.1) is 11.3 Å². The van der Waals surface area contributed by atoms with Gasteiger partial charge in [0.05, 0.1) is 11.0 Å². The van der Waals surface area contributed by atoms with Gasteiger partial charge in [0, 0.05) is 10.8 Å². The van der Waals surface area contributed by atoms with Crippen molar-refractivity contribution < 1.29 is 19.2 Å². The van der Waals surface area contributed by atoms with Crippen molar-refractivity contribution in [3.63, 3.8) is 0 Å². The van der Waals surface area contributed by atoms with Crippen LogP contribution < -0.4 is 11.1 Å². The Morgan fingerprint density at radius 1 is 1.23 bits per heavy atom. The Morgan fingerprint density at radius 2 is 1.93 bits per heavy atom. The fourth-order valence-electron chi connectivity index (χ4n) is 5.46. The number of amides is 4. The molecule has 162 valence electrons. The number of hydrogen-bond acceptors (Lipinski definition) is 5. The van der Waals surface area contributed by atoms with Crippen LogP contribution in [0.1, 0.15) is 67.8 Å². The molecule has 0 radical (unpaired) electrons. The molecule has 1 aromatic heterocycles. The monoisotopic (exact) mass is 431 g/mol. The lowest BCUT2D eigenvalue weighted by atomic mass is 9.62. The zero-order chi connectivity index (χ0) is 22.0. The number of thiophene rings is 1. The molecule has 1 saturated carbocycles. The maximum absolute atomic E-state index is 13.1. The van der Waals surface area contributed by atoms with Gasteiger partial charge in [0.2, 0.25) is 17.7 Å². The molecule has 2 bridgehead atoms. The van der Waals surface area contributed by atoms with Crippen LogP contribution in [-0.4, -0.2) is 35.1 Å². The zero-order valence-electron chi connectivity index (χ0n) is 18.0. The molecule has 3 aliphatic rings. The predicted octanol–water partition coefficient (Wildman–Crippen LogP) is 2.72. The van der Waals surface area contributed by atoms with E-state index in [4.69, 9.17) is 5.73 Å². The van der Waals surface area contributed by atoms with Gasteiger partial charge in [0.25, 0.3) is 5.91 Å². The fourth-order valence-corrected chi connectivity index (χ4v) is 6.89. The minimum Gasteiger partial charge on any atom is -0.365 e. The van der Waals surface area contributed by atoms with Gasteiger partial charge in [-0.3, -0.25) is 24.1 Å². The number of likely N-dealkylation sites (tertiary alicyclic amines) is 1. The summed E-state index contributed by atoms with van der Waals surface area (Å²) in [4.78, 5) is 53.2. The predicted molar refractivity (Wildman–Crippen MR) is 114 cm³/mol. The van der Waals surface area contributed by atoms with E-state index < -0.39 is 22.6 Å². The third-order valence-corrected chi connectivity index (χ3v) is 8.99. The Balaban J connectivity index is 1.56. The van der Waals surface area contributed by atoms with Gasteiger partial charge in [-0.05, 0) is 49.0 Å². The molecule has 2 aliphatic carbocycles. The number of anilines is 1. The van der Waals surface area contributed by atoms with E-state index in [1.54, 1.807) is 0 Å². The molecule has 1 saturated heterocycles. The minimum atomic E-state index is -0.650. The highest BCUT2D eigenvalue weighted by Crippen LogP contribution is 2.60. The summed E-state index contributed by atoms with van der Waals surface area (Å²) in [5.41, 5.74) is 5.84. The lowest BCUT2D eigenvalue weighted by Gasteiger charge is -2.47. The summed E-state index contributed by atoms with van der Waals surface area (Å²) in [6.45, 7) is 7.65. The summed E-state index contributed by atoms with van der Waals surface area (Å²) in [6, 6.07) is 0. The van der Waals surface area contributed by atoms with E-state index >= 15 is 0 Å². The van der Waals surface area contributed by atoms with E-state index in [0.29, 0.717) is 29.3 Å². The van der Waals surface area contributed by atoms with Crippen LogP contribution in [0.4, 0.5) is 5.00 Å². The quantitative estimate of drug-likeness (QED) is 0.714. The van der Waals surface area contributed by atoms with Crippen molar-refractivity contribution in [1.29, 1.82) is 0 Å². The minimum absolute atomic E-state index is 0.260. The summed E-state index contributed by atoms with van der Waals surface area (Å²) < 4.78 is 0. The van der Waals surface area contributed by atoms with Crippen molar-refractivity contribution in [1.82, 2.24) is 4.90 Å². The van der Waals surface area contributed by atoms with Gasteiger partial charge >= 0.3 is 0 Å². The Kier molecular flexibility index (Phi) is 4.84. The molecule has 8 heteroatoms. The second kappa shape index (κ2) is 6.90. The van der Waals surface area contributed by atoms with Gasteiger partial charge < -0.3 is 11.1 Å². The standard InChI is InChI=1S/C22H29N3O4S/c1-11-5-6-12-14(9-11)30-18(16(12)17(23)27)24-15(26)10-25-19(28)13-7-8-22(4,20(25)29)21(13,2)3/h11,13H,5-10H2,1-4H3,(H2,23,27)(H,24,26). The molecule has 3 N–H and O–H groups in total. The van der Waals surface area contributed by atoms with E-state index in [2.05, 4.69) is 12.2 Å².